The number of hydrogen-bond acceptors (Lipinski definition) is 4. The van der Waals surface area contributed by atoms with Gasteiger partial charge in [0, 0.05) is 35.6 Å². The first kappa shape index (κ1) is 16.9. The van der Waals surface area contributed by atoms with E-state index in [0.29, 0.717) is 11.3 Å². The van der Waals surface area contributed by atoms with Crippen LogP contribution in [0.15, 0.2) is 30.3 Å². The Morgan fingerprint density at radius 1 is 1.15 bits per heavy atom. The van der Waals surface area contributed by atoms with Crippen LogP contribution in [0.3, 0.4) is 0 Å². The van der Waals surface area contributed by atoms with Crippen molar-refractivity contribution in [3.8, 4) is 22.6 Å². The van der Waals surface area contributed by atoms with Crippen molar-refractivity contribution in [3.63, 3.8) is 0 Å². The number of hydrogen-bond donors (Lipinski definition) is 1. The van der Waals surface area contributed by atoms with Gasteiger partial charge in [0.2, 0.25) is 6.29 Å². The summed E-state index contributed by atoms with van der Waals surface area (Å²) in [5.74, 6) is 0.286. The summed E-state index contributed by atoms with van der Waals surface area (Å²) in [5, 5.41) is 3.53. The van der Waals surface area contributed by atoms with E-state index in [2.05, 4.69) is 32.2 Å². The van der Waals surface area contributed by atoms with Gasteiger partial charge in [0.05, 0.1) is 12.6 Å². The Bertz CT molecular complexity index is 933. The third kappa shape index (κ3) is 2.46. The van der Waals surface area contributed by atoms with Crippen molar-refractivity contribution in [1.29, 1.82) is 0 Å². The van der Waals surface area contributed by atoms with E-state index < -0.39 is 12.1 Å². The summed E-state index contributed by atoms with van der Waals surface area (Å²) in [6.45, 7) is 6.33. The molecule has 4 nitrogen and oxygen atoms in total. The Labute approximate surface area is 152 Å². The number of rotatable bonds is 2. The van der Waals surface area contributed by atoms with E-state index >= 15 is 0 Å². The number of benzene rings is 2. The van der Waals surface area contributed by atoms with Crippen LogP contribution in [0.5, 0.6) is 11.5 Å². The fourth-order valence-corrected chi connectivity index (χ4v) is 3.96. The average Bonchev–Trinajstić information content (AvgIpc) is 2.58. The summed E-state index contributed by atoms with van der Waals surface area (Å²) in [6.07, 6.45) is 1.61. The third-order valence-corrected chi connectivity index (χ3v) is 4.90. The van der Waals surface area contributed by atoms with Gasteiger partial charge in [-0.1, -0.05) is 12.1 Å². The standard InChI is InChI=1S/C21H22FNO3/c1-11-10-21(2,3)23-15-7-6-12-13-8-14(22)17(24-4)9-16(13)26-20(25-5)19(12)18(11)15/h6-10,20,23H,1-5H3. The van der Waals surface area contributed by atoms with E-state index in [9.17, 15) is 4.39 Å². The molecule has 1 atom stereocenters. The van der Waals surface area contributed by atoms with Crippen molar-refractivity contribution in [2.24, 2.45) is 0 Å². The lowest BCUT2D eigenvalue weighted by Gasteiger charge is -2.36. The Kier molecular flexibility index (Phi) is 3.74. The quantitative estimate of drug-likeness (QED) is 0.809. The van der Waals surface area contributed by atoms with Crippen LogP contribution in [0, 0.1) is 5.82 Å². The van der Waals surface area contributed by atoms with E-state index in [-0.39, 0.29) is 11.3 Å². The van der Waals surface area contributed by atoms with Crippen LogP contribution < -0.4 is 14.8 Å². The molecule has 136 valence electrons. The van der Waals surface area contributed by atoms with Crippen LogP contribution in [0.4, 0.5) is 10.1 Å². The van der Waals surface area contributed by atoms with Crippen molar-refractivity contribution in [3.05, 3.63) is 47.3 Å². The van der Waals surface area contributed by atoms with Gasteiger partial charge in [-0.25, -0.2) is 4.39 Å². The molecule has 0 saturated carbocycles. The molecule has 1 N–H and O–H groups in total. The third-order valence-electron chi connectivity index (χ3n) is 4.90. The minimum Gasteiger partial charge on any atom is -0.494 e. The summed E-state index contributed by atoms with van der Waals surface area (Å²) in [4.78, 5) is 0. The smallest absolute Gasteiger partial charge is 0.227 e. The SMILES string of the molecule is COc1cc2c(cc1F)-c1ccc3c(c1C(OC)O2)C(C)=CC(C)(C)N3. The highest BCUT2D eigenvalue weighted by molar-refractivity contribution is 5.89. The largest absolute Gasteiger partial charge is 0.494 e. The summed E-state index contributed by atoms with van der Waals surface area (Å²) in [5.41, 5.74) is 5.61. The van der Waals surface area contributed by atoms with Crippen molar-refractivity contribution >= 4 is 11.3 Å². The monoisotopic (exact) mass is 355 g/mol. The Balaban J connectivity index is 1.99. The van der Waals surface area contributed by atoms with Crippen LogP contribution in [0.2, 0.25) is 0 Å². The number of methoxy groups -OCH3 is 2. The predicted octanol–water partition coefficient (Wildman–Crippen LogP) is 5.15. The summed E-state index contributed by atoms with van der Waals surface area (Å²) < 4.78 is 31.1. The first-order chi connectivity index (χ1) is 12.3. The minimum absolute atomic E-state index is 0.138. The highest BCUT2D eigenvalue weighted by Crippen LogP contribution is 2.50. The van der Waals surface area contributed by atoms with Crippen molar-refractivity contribution < 1.29 is 18.6 Å². The molecule has 0 bridgehead atoms. The zero-order valence-electron chi connectivity index (χ0n) is 15.6. The lowest BCUT2D eigenvalue weighted by molar-refractivity contribution is -0.0580. The van der Waals surface area contributed by atoms with E-state index in [1.807, 2.05) is 12.1 Å². The summed E-state index contributed by atoms with van der Waals surface area (Å²) in [6, 6.07) is 7.07. The minimum atomic E-state index is -0.575. The molecule has 0 radical (unpaired) electrons. The van der Waals surface area contributed by atoms with Gasteiger partial charge in [0.25, 0.3) is 0 Å². The normalized spacial score (nSPS) is 19.3. The maximum Gasteiger partial charge on any atom is 0.227 e. The van der Waals surface area contributed by atoms with Gasteiger partial charge in [0.1, 0.15) is 5.75 Å². The molecular formula is C21H22FNO3. The molecule has 0 amide bonds. The molecule has 0 aliphatic carbocycles. The molecule has 4 rings (SSSR count). The summed E-state index contributed by atoms with van der Waals surface area (Å²) in [7, 11) is 3.05. The van der Waals surface area contributed by atoms with Gasteiger partial charge in [-0.15, -0.1) is 0 Å². The molecule has 2 aliphatic rings. The fraction of sp³-hybridized carbons (Fsp3) is 0.333. The van der Waals surface area contributed by atoms with Crippen LogP contribution in [0.1, 0.15) is 38.2 Å². The first-order valence-electron chi connectivity index (χ1n) is 8.57. The highest BCUT2D eigenvalue weighted by Gasteiger charge is 2.34. The maximum absolute atomic E-state index is 14.3. The van der Waals surface area contributed by atoms with Gasteiger partial charge in [-0.2, -0.15) is 0 Å². The van der Waals surface area contributed by atoms with Gasteiger partial charge in [-0.05, 0) is 44.0 Å². The molecule has 2 aromatic rings. The number of anilines is 1. The maximum atomic E-state index is 14.3. The van der Waals surface area contributed by atoms with Crippen molar-refractivity contribution in [1.82, 2.24) is 0 Å². The molecule has 0 aromatic heterocycles. The van der Waals surface area contributed by atoms with E-state index in [1.54, 1.807) is 13.2 Å². The lowest BCUT2D eigenvalue weighted by Crippen LogP contribution is -2.32. The molecule has 26 heavy (non-hydrogen) atoms. The topological polar surface area (TPSA) is 39.7 Å². The highest BCUT2D eigenvalue weighted by atomic mass is 19.1. The average molecular weight is 355 g/mol. The molecule has 2 aliphatic heterocycles. The zero-order valence-corrected chi connectivity index (χ0v) is 15.6. The molecule has 1 unspecified atom stereocenters. The number of allylic oxidation sites excluding steroid dienone is 1. The number of ether oxygens (including phenoxy) is 3. The predicted molar refractivity (Wildman–Crippen MR) is 100 cm³/mol. The molecule has 5 heteroatoms. The lowest BCUT2D eigenvalue weighted by atomic mass is 9.84. The molecule has 2 heterocycles. The Morgan fingerprint density at radius 2 is 1.92 bits per heavy atom. The summed E-state index contributed by atoms with van der Waals surface area (Å²) >= 11 is 0. The number of fused-ring (bicyclic) bond motifs is 5. The molecule has 0 spiro atoms. The molecule has 0 fully saturated rings. The van der Waals surface area contributed by atoms with E-state index in [4.69, 9.17) is 14.2 Å². The number of halogens is 1. The van der Waals surface area contributed by atoms with Crippen LogP contribution in [-0.4, -0.2) is 19.8 Å². The van der Waals surface area contributed by atoms with Crippen LogP contribution in [-0.2, 0) is 4.74 Å². The van der Waals surface area contributed by atoms with Crippen molar-refractivity contribution in [2.45, 2.75) is 32.6 Å². The second-order valence-corrected chi connectivity index (χ2v) is 7.29. The van der Waals surface area contributed by atoms with Crippen molar-refractivity contribution in [2.75, 3.05) is 19.5 Å². The van der Waals surface area contributed by atoms with Gasteiger partial charge in [-0.3, -0.25) is 0 Å². The Morgan fingerprint density at radius 3 is 2.62 bits per heavy atom. The van der Waals surface area contributed by atoms with E-state index in [0.717, 1.165) is 28.0 Å². The fourth-order valence-electron chi connectivity index (χ4n) is 3.96. The number of nitrogens with one attached hydrogen (secondary N) is 1. The second kappa shape index (κ2) is 5.74. The Hall–Kier alpha value is -2.53. The second-order valence-electron chi connectivity index (χ2n) is 7.29. The molecule has 2 aromatic carbocycles. The molecule has 0 saturated heterocycles. The van der Waals surface area contributed by atoms with Gasteiger partial charge < -0.3 is 19.5 Å². The van der Waals surface area contributed by atoms with E-state index in [1.165, 1.54) is 13.2 Å². The molecular weight excluding hydrogens is 333 g/mol. The van der Waals surface area contributed by atoms with Crippen LogP contribution >= 0.6 is 0 Å². The zero-order chi connectivity index (χ0) is 18.6. The van der Waals surface area contributed by atoms with Gasteiger partial charge >= 0.3 is 0 Å². The van der Waals surface area contributed by atoms with Gasteiger partial charge in [0.15, 0.2) is 11.6 Å². The van der Waals surface area contributed by atoms with Crippen LogP contribution in [0.25, 0.3) is 16.7 Å². The first-order valence-corrected chi connectivity index (χ1v) is 8.57.